The highest BCUT2D eigenvalue weighted by Crippen LogP contribution is 2.26. The van der Waals surface area contributed by atoms with Crippen LogP contribution in [0, 0.1) is 5.92 Å². The number of nitrogens with two attached hydrogens (primary N) is 1. The van der Waals surface area contributed by atoms with E-state index in [0.29, 0.717) is 12.3 Å². The number of carbonyl (C=O) groups is 1. The molecule has 0 radical (unpaired) electrons. The lowest BCUT2D eigenvalue weighted by atomic mass is 10.0. The first-order valence-corrected chi connectivity index (χ1v) is 9.27. The van der Waals surface area contributed by atoms with E-state index < -0.39 is 15.2 Å². The maximum absolute atomic E-state index is 12.2. The molecule has 3 N–H and O–H groups in total. The Bertz CT molecular complexity index is 413. The third-order valence-corrected chi connectivity index (χ3v) is 7.05. The molecule has 1 rings (SSSR count). The summed E-state index contributed by atoms with van der Waals surface area (Å²) in [5, 5.41) is -0.501. The van der Waals surface area contributed by atoms with Crippen LogP contribution in [0.2, 0.25) is 0 Å². The fourth-order valence-corrected chi connectivity index (χ4v) is 5.31. The molecule has 0 aromatic carbocycles. The summed E-state index contributed by atoms with van der Waals surface area (Å²) in [5.74, 6) is 6.11. The van der Waals surface area contributed by atoms with Crippen molar-refractivity contribution in [2.45, 2.75) is 32.2 Å². The van der Waals surface area contributed by atoms with Gasteiger partial charge in [-0.15, -0.1) is 0 Å². The predicted octanol–water partition coefficient (Wildman–Crippen LogP) is -0.189. The van der Waals surface area contributed by atoms with Gasteiger partial charge in [-0.25, -0.2) is 14.3 Å². The molecule has 8 heteroatoms. The molecular formula is C11H23N3O3S2. The van der Waals surface area contributed by atoms with Crippen molar-refractivity contribution in [3.05, 3.63) is 0 Å². The Morgan fingerprint density at radius 2 is 2.16 bits per heavy atom. The van der Waals surface area contributed by atoms with Crippen LogP contribution in [-0.2, 0) is 14.6 Å². The summed E-state index contributed by atoms with van der Waals surface area (Å²) in [6.07, 6.45) is 0. The van der Waals surface area contributed by atoms with Gasteiger partial charge in [-0.05, 0) is 6.92 Å². The summed E-state index contributed by atoms with van der Waals surface area (Å²) in [4.78, 5) is 13.5. The molecule has 1 amide bonds. The molecule has 3 atom stereocenters. The first-order valence-electron chi connectivity index (χ1n) is 6.40. The molecule has 0 aromatic heterocycles. The number of sulfone groups is 1. The van der Waals surface area contributed by atoms with Crippen molar-refractivity contribution >= 4 is 27.5 Å². The lowest BCUT2D eigenvalue weighted by Gasteiger charge is -2.40. The van der Waals surface area contributed by atoms with Crippen LogP contribution in [0.4, 0.5) is 0 Å². The average molecular weight is 309 g/mol. The first-order chi connectivity index (χ1) is 8.85. The van der Waals surface area contributed by atoms with Crippen molar-refractivity contribution < 1.29 is 13.2 Å². The van der Waals surface area contributed by atoms with Crippen molar-refractivity contribution in [3.63, 3.8) is 0 Å². The molecule has 1 aliphatic heterocycles. The summed E-state index contributed by atoms with van der Waals surface area (Å²) in [6.45, 7) is 5.99. The highest BCUT2D eigenvalue weighted by molar-refractivity contribution is 8.01. The molecule has 1 heterocycles. The lowest BCUT2D eigenvalue weighted by Crippen LogP contribution is -2.55. The number of nitrogens with zero attached hydrogens (tertiary/aromatic N) is 1. The van der Waals surface area contributed by atoms with E-state index in [-0.39, 0.29) is 23.6 Å². The highest BCUT2D eigenvalue weighted by Gasteiger charge is 2.38. The van der Waals surface area contributed by atoms with E-state index >= 15 is 0 Å². The molecule has 0 spiro atoms. The van der Waals surface area contributed by atoms with Crippen LogP contribution in [0.15, 0.2) is 0 Å². The number of hydrogen-bond acceptors (Lipinski definition) is 6. The van der Waals surface area contributed by atoms with Gasteiger partial charge < -0.3 is 0 Å². The van der Waals surface area contributed by atoms with Gasteiger partial charge in [0.2, 0.25) is 5.91 Å². The maximum atomic E-state index is 12.2. The Morgan fingerprint density at radius 3 is 2.68 bits per heavy atom. The molecule has 0 aliphatic carbocycles. The van der Waals surface area contributed by atoms with Gasteiger partial charge in [0.05, 0.1) is 5.92 Å². The topological polar surface area (TPSA) is 92.5 Å². The standard InChI is InChI=1S/C11H23N3O3S2/c1-4-19(16,17)10-7-18-6-5-14(10)9(3)8(2)11(15)13-12/h8-10H,4-7,12H2,1-3H3,(H,13,15). The van der Waals surface area contributed by atoms with E-state index in [1.54, 1.807) is 25.6 Å². The molecule has 3 unspecified atom stereocenters. The molecule has 0 aromatic rings. The Kier molecular flexibility index (Phi) is 6.10. The van der Waals surface area contributed by atoms with Crippen LogP contribution in [0.25, 0.3) is 0 Å². The van der Waals surface area contributed by atoms with E-state index in [0.717, 1.165) is 5.75 Å². The van der Waals surface area contributed by atoms with Crippen molar-refractivity contribution in [3.8, 4) is 0 Å². The van der Waals surface area contributed by atoms with Crippen LogP contribution in [-0.4, -0.2) is 54.4 Å². The Balaban J connectivity index is 2.91. The summed E-state index contributed by atoms with van der Waals surface area (Å²) in [7, 11) is -3.14. The number of thioether (sulfide) groups is 1. The first kappa shape index (κ1) is 16.7. The SMILES string of the molecule is CCS(=O)(=O)C1CSCCN1C(C)C(C)C(=O)NN. The summed E-state index contributed by atoms with van der Waals surface area (Å²) in [6, 6.07) is -0.157. The molecule has 1 fully saturated rings. The van der Waals surface area contributed by atoms with Gasteiger partial charge in [-0.2, -0.15) is 11.8 Å². The van der Waals surface area contributed by atoms with Crippen LogP contribution >= 0.6 is 11.8 Å². The van der Waals surface area contributed by atoms with Gasteiger partial charge >= 0.3 is 0 Å². The number of nitrogens with one attached hydrogen (secondary N) is 1. The Morgan fingerprint density at radius 1 is 1.53 bits per heavy atom. The molecule has 0 saturated carbocycles. The van der Waals surface area contributed by atoms with Gasteiger partial charge in [0.15, 0.2) is 9.84 Å². The smallest absolute Gasteiger partial charge is 0.238 e. The monoisotopic (exact) mass is 309 g/mol. The van der Waals surface area contributed by atoms with Gasteiger partial charge in [0.1, 0.15) is 5.37 Å². The van der Waals surface area contributed by atoms with Crippen molar-refractivity contribution in [2.75, 3.05) is 23.8 Å². The van der Waals surface area contributed by atoms with Crippen LogP contribution < -0.4 is 11.3 Å². The van der Waals surface area contributed by atoms with Gasteiger partial charge in [-0.1, -0.05) is 13.8 Å². The fraction of sp³-hybridized carbons (Fsp3) is 0.909. The number of rotatable bonds is 5. The molecule has 19 heavy (non-hydrogen) atoms. The van der Waals surface area contributed by atoms with Gasteiger partial charge in [0, 0.05) is 29.8 Å². The normalized spacial score (nSPS) is 24.7. The molecule has 1 aliphatic rings. The second kappa shape index (κ2) is 6.92. The van der Waals surface area contributed by atoms with Crippen LogP contribution in [0.1, 0.15) is 20.8 Å². The fourth-order valence-electron chi connectivity index (χ4n) is 2.20. The second-order valence-corrected chi connectivity index (χ2v) is 8.35. The van der Waals surface area contributed by atoms with Crippen molar-refractivity contribution in [2.24, 2.45) is 11.8 Å². The third kappa shape index (κ3) is 3.84. The third-order valence-electron chi connectivity index (χ3n) is 3.74. The zero-order chi connectivity index (χ0) is 14.6. The van der Waals surface area contributed by atoms with Crippen molar-refractivity contribution in [1.82, 2.24) is 10.3 Å². The van der Waals surface area contributed by atoms with Crippen molar-refractivity contribution in [1.29, 1.82) is 0 Å². The number of hydrazine groups is 1. The number of hydrogen-bond donors (Lipinski definition) is 2. The van der Waals surface area contributed by atoms with E-state index in [2.05, 4.69) is 5.43 Å². The van der Waals surface area contributed by atoms with Gasteiger partial charge in [-0.3, -0.25) is 15.1 Å². The molecule has 112 valence electrons. The summed E-state index contributed by atoms with van der Waals surface area (Å²) >= 11 is 1.65. The molecule has 0 bridgehead atoms. The van der Waals surface area contributed by atoms with E-state index in [4.69, 9.17) is 5.84 Å². The predicted molar refractivity (Wildman–Crippen MR) is 78.2 cm³/mol. The second-order valence-electron chi connectivity index (χ2n) is 4.76. The highest BCUT2D eigenvalue weighted by atomic mass is 32.2. The number of carbonyl (C=O) groups excluding carboxylic acids is 1. The Labute approximate surface area is 119 Å². The lowest BCUT2D eigenvalue weighted by molar-refractivity contribution is -0.126. The zero-order valence-corrected chi connectivity index (χ0v) is 13.3. The Hall–Kier alpha value is -0.310. The van der Waals surface area contributed by atoms with Gasteiger partial charge in [0.25, 0.3) is 0 Å². The zero-order valence-electron chi connectivity index (χ0n) is 11.6. The molecular weight excluding hydrogens is 286 g/mol. The summed E-state index contributed by atoms with van der Waals surface area (Å²) in [5.41, 5.74) is 2.13. The van der Waals surface area contributed by atoms with Crippen LogP contribution in [0.5, 0.6) is 0 Å². The molecule has 6 nitrogen and oxygen atoms in total. The average Bonchev–Trinajstić information content (AvgIpc) is 2.44. The van der Waals surface area contributed by atoms with E-state index in [1.165, 1.54) is 0 Å². The van der Waals surface area contributed by atoms with E-state index in [1.807, 2.05) is 11.8 Å². The quantitative estimate of drug-likeness (QED) is 0.415. The molecule has 1 saturated heterocycles. The maximum Gasteiger partial charge on any atom is 0.238 e. The minimum atomic E-state index is -3.14. The van der Waals surface area contributed by atoms with Crippen LogP contribution in [0.3, 0.4) is 0 Å². The minimum Gasteiger partial charge on any atom is -0.294 e. The number of amides is 1. The largest absolute Gasteiger partial charge is 0.294 e. The summed E-state index contributed by atoms with van der Waals surface area (Å²) < 4.78 is 24.3. The minimum absolute atomic E-state index is 0.124. The van der Waals surface area contributed by atoms with E-state index in [9.17, 15) is 13.2 Å².